The molecule has 0 atom stereocenters. The number of anilines is 1. The van der Waals surface area contributed by atoms with Crippen molar-refractivity contribution in [2.45, 2.75) is 20.4 Å². The van der Waals surface area contributed by atoms with E-state index in [0.29, 0.717) is 22.7 Å². The van der Waals surface area contributed by atoms with Gasteiger partial charge in [0.25, 0.3) is 11.8 Å². The number of hydrogen-bond donors (Lipinski definition) is 2. The molecule has 1 aromatic heterocycles. The lowest BCUT2D eigenvalue weighted by molar-refractivity contribution is -0.118. The van der Waals surface area contributed by atoms with E-state index in [-0.39, 0.29) is 25.0 Å². The molecule has 33 heavy (non-hydrogen) atoms. The number of aryl methyl sites for hydroxylation is 1. The van der Waals surface area contributed by atoms with E-state index >= 15 is 0 Å². The zero-order valence-corrected chi connectivity index (χ0v) is 19.1. The fraction of sp³-hybridized carbons (Fsp3) is 0.240. The van der Waals surface area contributed by atoms with Gasteiger partial charge in [0.2, 0.25) is 0 Å². The molecular formula is C25H27N3O5. The lowest BCUT2D eigenvalue weighted by Gasteiger charge is -2.13. The molecular weight excluding hydrogens is 422 g/mol. The molecule has 3 aromatic rings. The molecule has 2 aromatic carbocycles. The quantitative estimate of drug-likeness (QED) is 0.517. The van der Waals surface area contributed by atoms with Crippen molar-refractivity contribution in [2.75, 3.05) is 26.1 Å². The number of nitrogens with one attached hydrogen (secondary N) is 2. The van der Waals surface area contributed by atoms with Crippen molar-refractivity contribution in [3.05, 3.63) is 77.1 Å². The molecule has 0 unspecified atom stereocenters. The van der Waals surface area contributed by atoms with Gasteiger partial charge in [-0.2, -0.15) is 0 Å². The molecule has 0 saturated carbocycles. The van der Waals surface area contributed by atoms with Crippen molar-refractivity contribution >= 4 is 17.5 Å². The summed E-state index contributed by atoms with van der Waals surface area (Å²) in [5, 5.41) is 5.60. The molecule has 0 radical (unpaired) electrons. The first-order chi connectivity index (χ1) is 15.9. The Bertz CT molecular complexity index is 1130. The van der Waals surface area contributed by atoms with Gasteiger partial charge in [0.05, 0.1) is 26.5 Å². The third kappa shape index (κ3) is 6.22. The van der Waals surface area contributed by atoms with Crippen LogP contribution in [0.25, 0.3) is 0 Å². The van der Waals surface area contributed by atoms with E-state index in [1.807, 2.05) is 13.8 Å². The van der Waals surface area contributed by atoms with Crippen molar-refractivity contribution in [3.8, 4) is 17.2 Å². The van der Waals surface area contributed by atoms with Gasteiger partial charge >= 0.3 is 0 Å². The van der Waals surface area contributed by atoms with Crippen LogP contribution < -0.4 is 24.8 Å². The highest BCUT2D eigenvalue weighted by molar-refractivity contribution is 5.94. The summed E-state index contributed by atoms with van der Waals surface area (Å²) >= 11 is 0. The van der Waals surface area contributed by atoms with E-state index in [0.717, 1.165) is 22.6 Å². The van der Waals surface area contributed by atoms with Crippen molar-refractivity contribution in [3.63, 3.8) is 0 Å². The molecule has 172 valence electrons. The van der Waals surface area contributed by atoms with Crippen LogP contribution in [0.5, 0.6) is 17.2 Å². The van der Waals surface area contributed by atoms with Gasteiger partial charge in [0.15, 0.2) is 6.61 Å². The van der Waals surface area contributed by atoms with Crippen molar-refractivity contribution in [2.24, 2.45) is 0 Å². The second kappa shape index (κ2) is 11.0. The molecule has 2 amide bonds. The molecule has 8 heteroatoms. The molecule has 0 aliphatic rings. The SMILES string of the molecule is COc1cccc(NC(=O)COc2ccc(C(=O)NCc3ncc(C)c(OC)c3C)cc2)c1. The average Bonchev–Trinajstić information content (AvgIpc) is 2.83. The lowest BCUT2D eigenvalue weighted by atomic mass is 10.1. The Morgan fingerprint density at radius 2 is 1.73 bits per heavy atom. The number of nitrogens with zero attached hydrogens (tertiary/aromatic N) is 1. The second-order valence-corrected chi connectivity index (χ2v) is 7.32. The Hall–Kier alpha value is -4.07. The highest BCUT2D eigenvalue weighted by atomic mass is 16.5. The Morgan fingerprint density at radius 1 is 0.970 bits per heavy atom. The molecule has 0 aliphatic heterocycles. The maximum absolute atomic E-state index is 12.5. The van der Waals surface area contributed by atoms with Crippen LogP contribution in [0.1, 0.15) is 27.2 Å². The summed E-state index contributed by atoms with van der Waals surface area (Å²) in [6, 6.07) is 13.6. The number of rotatable bonds is 9. The van der Waals surface area contributed by atoms with Gasteiger partial charge < -0.3 is 24.8 Å². The van der Waals surface area contributed by atoms with E-state index < -0.39 is 0 Å². The first-order valence-corrected chi connectivity index (χ1v) is 10.3. The molecule has 0 spiro atoms. The molecule has 8 nitrogen and oxygen atoms in total. The van der Waals surface area contributed by atoms with Crippen LogP contribution in [0, 0.1) is 13.8 Å². The summed E-state index contributed by atoms with van der Waals surface area (Å²) < 4.78 is 16.1. The summed E-state index contributed by atoms with van der Waals surface area (Å²) in [4.78, 5) is 29.0. The topological polar surface area (TPSA) is 98.8 Å². The summed E-state index contributed by atoms with van der Waals surface area (Å²) in [5.41, 5.74) is 3.67. The zero-order valence-electron chi connectivity index (χ0n) is 19.1. The van der Waals surface area contributed by atoms with Crippen LogP contribution in [-0.2, 0) is 11.3 Å². The predicted molar refractivity (Wildman–Crippen MR) is 125 cm³/mol. The smallest absolute Gasteiger partial charge is 0.262 e. The molecule has 0 bridgehead atoms. The Labute approximate surface area is 192 Å². The number of methoxy groups -OCH3 is 2. The third-order valence-electron chi connectivity index (χ3n) is 5.01. The maximum Gasteiger partial charge on any atom is 0.262 e. The third-order valence-corrected chi connectivity index (χ3v) is 5.01. The van der Waals surface area contributed by atoms with E-state index in [1.165, 1.54) is 0 Å². The zero-order chi connectivity index (χ0) is 23.8. The van der Waals surface area contributed by atoms with Crippen molar-refractivity contribution in [1.82, 2.24) is 10.3 Å². The van der Waals surface area contributed by atoms with Crippen LogP contribution in [0.15, 0.2) is 54.7 Å². The molecule has 3 rings (SSSR count). The van der Waals surface area contributed by atoms with Gasteiger partial charge in [-0.25, -0.2) is 0 Å². The number of carbonyl (C=O) groups is 2. The van der Waals surface area contributed by atoms with Crippen LogP contribution in [0.3, 0.4) is 0 Å². The van der Waals surface area contributed by atoms with Gasteiger partial charge in [-0.1, -0.05) is 6.07 Å². The normalized spacial score (nSPS) is 10.3. The molecule has 0 saturated heterocycles. The number of benzene rings is 2. The van der Waals surface area contributed by atoms with Crippen LogP contribution in [0.2, 0.25) is 0 Å². The van der Waals surface area contributed by atoms with Gasteiger partial charge in [0, 0.05) is 34.6 Å². The van der Waals surface area contributed by atoms with Gasteiger partial charge in [-0.15, -0.1) is 0 Å². The summed E-state index contributed by atoms with van der Waals surface area (Å²) in [5.74, 6) is 1.36. The van der Waals surface area contributed by atoms with E-state index in [4.69, 9.17) is 14.2 Å². The monoisotopic (exact) mass is 449 g/mol. The number of hydrogen-bond acceptors (Lipinski definition) is 6. The summed E-state index contributed by atoms with van der Waals surface area (Å²) in [6.07, 6.45) is 1.73. The fourth-order valence-corrected chi connectivity index (χ4v) is 3.26. The van der Waals surface area contributed by atoms with E-state index in [1.54, 1.807) is 68.9 Å². The second-order valence-electron chi connectivity index (χ2n) is 7.32. The number of amides is 2. The summed E-state index contributed by atoms with van der Waals surface area (Å²) in [6.45, 7) is 3.96. The van der Waals surface area contributed by atoms with Crippen molar-refractivity contribution < 1.29 is 23.8 Å². The number of pyridine rings is 1. The van der Waals surface area contributed by atoms with E-state index in [9.17, 15) is 9.59 Å². The minimum absolute atomic E-state index is 0.164. The van der Waals surface area contributed by atoms with Crippen molar-refractivity contribution in [1.29, 1.82) is 0 Å². The minimum atomic E-state index is -0.304. The Kier molecular flexibility index (Phi) is 7.86. The lowest BCUT2D eigenvalue weighted by Crippen LogP contribution is -2.24. The fourth-order valence-electron chi connectivity index (χ4n) is 3.26. The van der Waals surface area contributed by atoms with Gasteiger partial charge in [0.1, 0.15) is 17.2 Å². The van der Waals surface area contributed by atoms with Crippen LogP contribution >= 0.6 is 0 Å². The maximum atomic E-state index is 12.5. The van der Waals surface area contributed by atoms with Gasteiger partial charge in [-0.3, -0.25) is 14.6 Å². The van der Waals surface area contributed by atoms with Crippen LogP contribution in [-0.4, -0.2) is 37.6 Å². The number of ether oxygens (including phenoxy) is 3. The Morgan fingerprint density at radius 3 is 2.42 bits per heavy atom. The van der Waals surface area contributed by atoms with E-state index in [2.05, 4.69) is 15.6 Å². The molecule has 0 fully saturated rings. The first-order valence-electron chi connectivity index (χ1n) is 10.3. The standard InChI is InChI=1S/C25H27N3O5/c1-16-13-26-22(17(2)24(16)32-4)14-27-25(30)18-8-10-20(11-9-18)33-15-23(29)28-19-6-5-7-21(12-19)31-3/h5-13H,14-15H2,1-4H3,(H,27,30)(H,28,29). The average molecular weight is 450 g/mol. The predicted octanol–water partition coefficient (Wildman–Crippen LogP) is 3.66. The molecule has 0 aliphatic carbocycles. The van der Waals surface area contributed by atoms with Crippen LogP contribution in [0.4, 0.5) is 5.69 Å². The first kappa shape index (κ1) is 23.6. The molecule has 1 heterocycles. The molecule has 2 N–H and O–H groups in total. The number of aromatic nitrogens is 1. The highest BCUT2D eigenvalue weighted by Gasteiger charge is 2.12. The summed E-state index contributed by atoms with van der Waals surface area (Å²) in [7, 11) is 3.18. The largest absolute Gasteiger partial charge is 0.497 e. The highest BCUT2D eigenvalue weighted by Crippen LogP contribution is 2.24. The Balaban J connectivity index is 1.51. The van der Waals surface area contributed by atoms with Gasteiger partial charge in [-0.05, 0) is 50.2 Å². The number of carbonyl (C=O) groups excluding carboxylic acids is 2. The minimum Gasteiger partial charge on any atom is -0.497 e.